The van der Waals surface area contributed by atoms with Crippen LogP contribution in [-0.2, 0) is 30.8 Å². The Labute approximate surface area is 509 Å². The fourth-order valence-electron chi connectivity index (χ4n) is 8.57. The van der Waals surface area contributed by atoms with Crippen LogP contribution in [0.5, 0.6) is 40.2 Å². The van der Waals surface area contributed by atoms with Crippen molar-refractivity contribution in [1.82, 2.24) is 0 Å². The maximum atomic E-state index is 5.40. The maximum absolute atomic E-state index is 5.40. The van der Waals surface area contributed by atoms with Crippen molar-refractivity contribution >= 4 is 34.5 Å². The summed E-state index contributed by atoms with van der Waals surface area (Å²) in [5.74, 6) is 7.55. The largest absolute Gasteiger partial charge is 0.493 e. The van der Waals surface area contributed by atoms with Gasteiger partial charge in [-0.3, -0.25) is 0 Å². The van der Waals surface area contributed by atoms with Gasteiger partial charge in [0.15, 0.2) is 23.0 Å². The van der Waals surface area contributed by atoms with Gasteiger partial charge in [0, 0.05) is 48.9 Å². The van der Waals surface area contributed by atoms with Crippen LogP contribution in [0.25, 0.3) is 0 Å². The molecule has 0 spiro atoms. The van der Waals surface area contributed by atoms with Crippen LogP contribution >= 0.6 is 11.8 Å². The van der Waals surface area contributed by atoms with Gasteiger partial charge in [0.1, 0.15) is 37.1 Å². The number of thioether (sulfide) groups is 1. The number of benzene rings is 8. The Morgan fingerprint density at radius 3 is 1.20 bits per heavy atom. The number of nitrogens with one attached hydrogen (secondary N) is 4. The highest BCUT2D eigenvalue weighted by atomic mass is 32.2. The summed E-state index contributed by atoms with van der Waals surface area (Å²) in [5, 5.41) is 13.1. The third kappa shape index (κ3) is 22.6. The minimum Gasteiger partial charge on any atom is -0.493 e. The first-order chi connectivity index (χ1) is 37.7. The lowest BCUT2D eigenvalue weighted by atomic mass is 10.1. The third-order valence-corrected chi connectivity index (χ3v) is 13.4. The molecule has 8 aromatic carbocycles. The van der Waals surface area contributed by atoms with Crippen molar-refractivity contribution in [3.8, 4) is 40.2 Å². The summed E-state index contributed by atoms with van der Waals surface area (Å²) in [6.07, 6.45) is 2.27. The second-order valence-corrected chi connectivity index (χ2v) is 18.7. The lowest BCUT2D eigenvalue weighted by Crippen LogP contribution is -2.19. The van der Waals surface area contributed by atoms with Crippen LogP contribution in [0.2, 0.25) is 0 Å². The van der Waals surface area contributed by atoms with Gasteiger partial charge in [0.25, 0.3) is 0 Å². The van der Waals surface area contributed by atoms with Crippen molar-refractivity contribution in [2.45, 2.75) is 90.4 Å². The van der Waals surface area contributed by atoms with E-state index >= 15 is 0 Å². The Hall–Kier alpha value is -8.13. The van der Waals surface area contributed by atoms with Gasteiger partial charge in [-0.05, 0) is 101 Å². The standard InChI is InChI=1S/C8H10N2.C8H9NO.C8H9N.C8H8O2.C8H8OS.2C8H8O.C7H6O2.8CH4/c2*1-2-4-8-7(3-1)9-5-6-10-8;1-2-4-8-7(3-1)5-6-9-8;2*1-2-4-8-7(3-1)9-5-6-10-8;1-2-4-8-6-9-5-7(8)3-1;1-2-4-8-7(3-1)5-6-9-8;1-2-4-7-6(3-1)8-5-9-7;;;;;;;;/h1-4,9-10H,5-6H2;1-4,9H,5-6H2;1-4,9H,5-6H2;2*1-4H,5-6H2;2*1-4H,5-6H2;1-4H,5H2;8*1H4. The second-order valence-electron chi connectivity index (χ2n) is 17.6. The highest BCUT2D eigenvalue weighted by Gasteiger charge is 2.13. The van der Waals surface area contributed by atoms with E-state index in [-0.39, 0.29) is 59.4 Å². The molecular formula is C71H98N4O8S. The van der Waals surface area contributed by atoms with Crippen molar-refractivity contribution in [3.05, 3.63) is 216 Å². The fraction of sp³-hybridized carbons (Fsp3) is 0.324. The molecule has 0 unspecified atom stereocenters. The van der Waals surface area contributed by atoms with E-state index in [2.05, 4.69) is 81.9 Å². The van der Waals surface area contributed by atoms with E-state index in [0.717, 1.165) is 117 Å². The first-order valence-corrected chi connectivity index (χ1v) is 27.0. The first-order valence-electron chi connectivity index (χ1n) is 26.0. The van der Waals surface area contributed by atoms with Gasteiger partial charge in [-0.25, -0.2) is 0 Å². The molecule has 0 saturated heterocycles. The molecule has 8 aliphatic heterocycles. The quantitative estimate of drug-likeness (QED) is 0.115. The van der Waals surface area contributed by atoms with Crippen LogP contribution in [-0.4, -0.2) is 71.8 Å². The average Bonchev–Trinajstić information content (AvgIpc) is 4.44. The number of anilines is 4. The van der Waals surface area contributed by atoms with E-state index in [1.165, 1.54) is 50.6 Å². The van der Waals surface area contributed by atoms with Crippen molar-refractivity contribution in [2.24, 2.45) is 0 Å². The molecule has 0 bridgehead atoms. The molecule has 16 rings (SSSR count). The number of hydrogen-bond acceptors (Lipinski definition) is 13. The Morgan fingerprint density at radius 1 is 0.274 bits per heavy atom. The average molecular weight is 1170 g/mol. The van der Waals surface area contributed by atoms with Gasteiger partial charge in [0.05, 0.1) is 43.5 Å². The summed E-state index contributed by atoms with van der Waals surface area (Å²) in [6.45, 7) is 9.85. The van der Waals surface area contributed by atoms with Gasteiger partial charge in [-0.1, -0.05) is 181 Å². The van der Waals surface area contributed by atoms with Crippen molar-refractivity contribution < 1.29 is 37.9 Å². The summed E-state index contributed by atoms with van der Waals surface area (Å²) < 4.78 is 42.0. The molecule has 8 aliphatic rings. The Bertz CT molecular complexity index is 2440. The minimum absolute atomic E-state index is 0. The number of hydrogen-bond donors (Lipinski definition) is 4. The van der Waals surface area contributed by atoms with E-state index in [1.807, 2.05) is 145 Å². The van der Waals surface area contributed by atoms with Crippen molar-refractivity contribution in [3.63, 3.8) is 0 Å². The van der Waals surface area contributed by atoms with E-state index in [9.17, 15) is 0 Å². The Balaban J connectivity index is 0.000000474. The molecule has 0 aliphatic carbocycles. The van der Waals surface area contributed by atoms with Gasteiger partial charge in [-0.15, -0.1) is 11.8 Å². The summed E-state index contributed by atoms with van der Waals surface area (Å²) >= 11 is 1.86. The predicted molar refractivity (Wildman–Crippen MR) is 360 cm³/mol. The molecule has 12 nitrogen and oxygen atoms in total. The zero-order valence-corrected chi connectivity index (χ0v) is 43.6. The zero-order valence-electron chi connectivity index (χ0n) is 42.8. The van der Waals surface area contributed by atoms with Crippen LogP contribution in [0, 0.1) is 0 Å². The zero-order chi connectivity index (χ0) is 51.7. The van der Waals surface area contributed by atoms with Crippen LogP contribution in [0.3, 0.4) is 0 Å². The molecule has 8 heterocycles. The predicted octanol–water partition coefficient (Wildman–Crippen LogP) is 18.1. The molecule has 0 atom stereocenters. The van der Waals surface area contributed by atoms with Gasteiger partial charge >= 0.3 is 0 Å². The smallest absolute Gasteiger partial charge is 0.231 e. The summed E-state index contributed by atoms with van der Waals surface area (Å²) in [4.78, 5) is 1.27. The molecule has 0 aromatic heterocycles. The molecule has 0 radical (unpaired) electrons. The summed E-state index contributed by atoms with van der Waals surface area (Å²) in [7, 11) is 0. The van der Waals surface area contributed by atoms with E-state index in [1.54, 1.807) is 0 Å². The molecule has 4 N–H and O–H groups in total. The molecule has 13 heteroatoms. The highest BCUT2D eigenvalue weighted by Crippen LogP contribution is 2.33. The molecular weight excluding hydrogens is 1070 g/mol. The normalized spacial score (nSPS) is 13.4. The van der Waals surface area contributed by atoms with Crippen LogP contribution < -0.4 is 54.4 Å². The van der Waals surface area contributed by atoms with E-state index in [4.69, 9.17) is 37.9 Å². The SMILES string of the molecule is C.C.C.C.C.C.C.C.c1ccc2c(c1)CCN2.c1ccc2c(c1)CCO2.c1ccc2c(c1)COC2.c1ccc2c(c1)NCCN2.c1ccc2c(c1)NCCO2.c1ccc2c(c1)OCCO2.c1ccc2c(c1)OCCS2.c1ccc2c(c1)OCO2. The number of rotatable bonds is 0. The second kappa shape index (κ2) is 41.0. The van der Waals surface area contributed by atoms with Gasteiger partial charge in [0.2, 0.25) is 6.79 Å². The lowest BCUT2D eigenvalue weighted by Gasteiger charge is -2.18. The topological polar surface area (TPSA) is 122 Å². The highest BCUT2D eigenvalue weighted by molar-refractivity contribution is 7.99. The number of ether oxygens (including phenoxy) is 8. The van der Waals surface area contributed by atoms with E-state index < -0.39 is 0 Å². The Morgan fingerprint density at radius 2 is 0.667 bits per heavy atom. The van der Waals surface area contributed by atoms with Crippen molar-refractivity contribution in [1.29, 1.82) is 0 Å². The maximum Gasteiger partial charge on any atom is 0.231 e. The monoisotopic (exact) mass is 1170 g/mol. The molecule has 456 valence electrons. The minimum atomic E-state index is 0. The van der Waals surface area contributed by atoms with Crippen LogP contribution in [0.15, 0.2) is 199 Å². The number of fused-ring (bicyclic) bond motifs is 8. The van der Waals surface area contributed by atoms with E-state index in [0.29, 0.717) is 20.0 Å². The summed E-state index contributed by atoms with van der Waals surface area (Å²) in [5.41, 5.74) is 10.3. The first kappa shape index (κ1) is 73.9. The van der Waals surface area contributed by atoms with Crippen LogP contribution in [0.4, 0.5) is 22.7 Å². The third-order valence-electron chi connectivity index (χ3n) is 12.4. The molecule has 0 saturated carbocycles. The fourth-order valence-corrected chi connectivity index (χ4v) is 9.41. The Kier molecular flexibility index (Phi) is 36.0. The lowest BCUT2D eigenvalue weighted by molar-refractivity contribution is 0.134. The van der Waals surface area contributed by atoms with Gasteiger partial charge < -0.3 is 59.2 Å². The molecule has 8 aromatic rings. The molecule has 0 amide bonds. The molecule has 0 fully saturated rings. The van der Waals surface area contributed by atoms with Crippen molar-refractivity contribution in [2.75, 3.05) is 93.0 Å². The molecule has 84 heavy (non-hydrogen) atoms. The summed E-state index contributed by atoms with van der Waals surface area (Å²) in [6, 6.07) is 64.7. The van der Waals surface area contributed by atoms with Gasteiger partial charge in [-0.2, -0.15) is 0 Å². The van der Waals surface area contributed by atoms with Crippen LogP contribution in [0.1, 0.15) is 81.7 Å². The number of para-hydroxylation sites is 11.